The molecule has 2 nitrogen and oxygen atoms in total. The minimum absolute atomic E-state index is 0.310. The Morgan fingerprint density at radius 1 is 0.352 bits per heavy atom. The van der Waals surface area contributed by atoms with E-state index in [0.717, 1.165) is 0 Å². The highest BCUT2D eigenvalue weighted by Gasteiger charge is 2.22. The van der Waals surface area contributed by atoms with Crippen LogP contribution in [0.5, 0.6) is 0 Å². The number of furan rings is 1. The van der Waals surface area contributed by atoms with Gasteiger partial charge in [0.15, 0.2) is 0 Å². The normalized spacial score (nSPS) is 20.4. The van der Waals surface area contributed by atoms with Crippen LogP contribution >= 0.6 is 0 Å². The first kappa shape index (κ1) is 11.9. The summed E-state index contributed by atoms with van der Waals surface area (Å²) in [7, 11) is 0. The summed E-state index contributed by atoms with van der Waals surface area (Å²) in [6.45, 7) is 0. The summed E-state index contributed by atoms with van der Waals surface area (Å²) >= 11 is 0. The quantitative estimate of drug-likeness (QED) is 0.163. The van der Waals surface area contributed by atoms with E-state index in [0.29, 0.717) is 4.90 Å². The van der Waals surface area contributed by atoms with E-state index in [4.69, 9.17) is 37.3 Å². The maximum Gasteiger partial charge on any atom is 0.145 e. The Balaban J connectivity index is 1.43. The van der Waals surface area contributed by atoms with E-state index in [1.165, 1.54) is 0 Å². The van der Waals surface area contributed by atoms with Crippen LogP contribution in [-0.2, 0) is 0 Å². The number of nitrogens with zero attached hydrogens (tertiary/aromatic N) is 1. The molecule has 9 aromatic carbocycles. The number of rotatable bonds is 7. The number of benzene rings is 9. The minimum atomic E-state index is -1.39. The van der Waals surface area contributed by atoms with Crippen LogP contribution in [0.1, 0.15) is 48.0 Å². The number of fused-ring (bicyclic) bond motifs is 4. The number of para-hydroxylation sites is 1. The monoisotopic (exact) mass is 724 g/mol. The SMILES string of the molecule is [2H]c1c([2H])c([2H])c(-c2c([2H])c([2H])c(-c3c([2H])c([2H])c(N(c4c([2H])c([2H])c(-c5c([2H])c([2H])c([2H])c6c([2H])c([2H])c([2H])c([2H])c56)c([2H])c4[2H])c4c([2H])c([2H])c(-c5c([2H])c([2H])c([2H])c([2H])c5[2H])c5oc6c([2H])c([2H])c([2H])c([2H])c6c45)c([2H])c3[2H])c([2H])c2[2H])c([2H])c1[2H]. The lowest BCUT2D eigenvalue weighted by molar-refractivity contribution is 0.670. The number of anilines is 3. The molecule has 0 radical (unpaired) electrons. The van der Waals surface area contributed by atoms with Crippen molar-refractivity contribution < 1.29 is 52.4 Å². The first-order valence-corrected chi connectivity index (χ1v) is 15.6. The highest BCUT2D eigenvalue weighted by Crippen LogP contribution is 2.46. The smallest absolute Gasteiger partial charge is 0.145 e. The molecule has 0 fully saturated rings. The van der Waals surface area contributed by atoms with Crippen LogP contribution in [0.2, 0.25) is 0 Å². The van der Waals surface area contributed by atoms with Gasteiger partial charge in [-0.2, -0.15) is 0 Å². The molecule has 254 valence electrons. The fourth-order valence-electron chi connectivity index (χ4n) is 5.54. The third-order valence-corrected chi connectivity index (χ3v) is 7.94. The van der Waals surface area contributed by atoms with Gasteiger partial charge >= 0.3 is 0 Å². The van der Waals surface area contributed by atoms with Gasteiger partial charge in [0.2, 0.25) is 0 Å². The van der Waals surface area contributed by atoms with Crippen molar-refractivity contribution in [3.05, 3.63) is 211 Å². The predicted molar refractivity (Wildman–Crippen MR) is 228 cm³/mol. The molecule has 0 amide bonds. The fourth-order valence-corrected chi connectivity index (χ4v) is 5.54. The Morgan fingerprint density at radius 3 is 1.50 bits per heavy atom. The van der Waals surface area contributed by atoms with E-state index >= 15 is 0 Å². The third kappa shape index (κ3) is 5.62. The van der Waals surface area contributed by atoms with Gasteiger partial charge in [-0.05, 0) is 92.0 Å². The van der Waals surface area contributed by atoms with Gasteiger partial charge in [-0.1, -0.05) is 169 Å². The molecule has 54 heavy (non-hydrogen) atoms. The molecule has 0 N–H and O–H groups in total. The molecule has 0 atom stereocenters. The highest BCUT2D eigenvalue weighted by molar-refractivity contribution is 6.17. The maximum atomic E-state index is 9.94. The summed E-state index contributed by atoms with van der Waals surface area (Å²) in [5.41, 5.74) is -12.7. The molecule has 0 aliphatic carbocycles. The van der Waals surface area contributed by atoms with E-state index < -0.39 is 306 Å². The molecular formula is C52H35NO. The highest BCUT2D eigenvalue weighted by atomic mass is 16.3. The van der Waals surface area contributed by atoms with Crippen LogP contribution in [0.4, 0.5) is 17.1 Å². The zero-order chi connectivity index (χ0) is 66.3. The first-order valence-electron chi connectivity index (χ1n) is 33.1. The average molecular weight is 725 g/mol. The average Bonchev–Trinajstić information content (AvgIpc) is 1.70. The first-order chi connectivity index (χ1) is 41.4. The van der Waals surface area contributed by atoms with Crippen molar-refractivity contribution >= 4 is 49.8 Å². The summed E-state index contributed by atoms with van der Waals surface area (Å²) in [6.07, 6.45) is 0. The van der Waals surface area contributed by atoms with Crippen molar-refractivity contribution in [3.63, 3.8) is 0 Å². The van der Waals surface area contributed by atoms with Crippen molar-refractivity contribution in [2.24, 2.45) is 0 Å². The number of hydrogen-bond donors (Lipinski definition) is 0. The zero-order valence-corrected chi connectivity index (χ0v) is 26.9. The Hall–Kier alpha value is -7.16. The topological polar surface area (TPSA) is 16.4 Å². The molecule has 1 aromatic heterocycles. The second-order valence-electron chi connectivity index (χ2n) is 11.0. The van der Waals surface area contributed by atoms with E-state index in [2.05, 4.69) is 0 Å². The van der Waals surface area contributed by atoms with Crippen LogP contribution < -0.4 is 4.90 Å². The Kier molecular flexibility index (Phi) is 2.97. The Bertz CT molecular complexity index is 4820. The molecule has 0 aliphatic rings. The van der Waals surface area contributed by atoms with Gasteiger partial charge in [-0.3, -0.25) is 0 Å². The number of hydrogen-bond acceptors (Lipinski definition) is 2. The Morgan fingerprint density at radius 2 is 0.833 bits per heavy atom. The van der Waals surface area contributed by atoms with Crippen LogP contribution in [0.3, 0.4) is 0 Å². The van der Waals surface area contributed by atoms with Gasteiger partial charge in [0.25, 0.3) is 0 Å². The van der Waals surface area contributed by atoms with Gasteiger partial charge in [-0.25, -0.2) is 0 Å². The third-order valence-electron chi connectivity index (χ3n) is 7.94. The van der Waals surface area contributed by atoms with Crippen molar-refractivity contribution in [1.82, 2.24) is 0 Å². The molecule has 1 heterocycles. The molecule has 0 aliphatic heterocycles. The van der Waals surface area contributed by atoms with Crippen molar-refractivity contribution in [2.75, 3.05) is 4.90 Å². The predicted octanol–water partition coefficient (Wildman–Crippen LogP) is 14.9. The van der Waals surface area contributed by atoms with Gasteiger partial charge in [0.1, 0.15) is 11.2 Å². The fraction of sp³-hybridized carbons (Fsp3) is 0. The van der Waals surface area contributed by atoms with Crippen molar-refractivity contribution in [2.45, 2.75) is 0 Å². The second kappa shape index (κ2) is 13.4. The molecule has 0 bridgehead atoms. The largest absolute Gasteiger partial charge is 0.455 e. The van der Waals surface area contributed by atoms with Crippen LogP contribution in [0, 0.1) is 0 Å². The lowest BCUT2D eigenvalue weighted by atomic mass is 9.97. The lowest BCUT2D eigenvalue weighted by Gasteiger charge is -2.27. The van der Waals surface area contributed by atoms with E-state index in [1.54, 1.807) is 0 Å². The second-order valence-corrected chi connectivity index (χ2v) is 11.0. The molecule has 10 aromatic rings. The van der Waals surface area contributed by atoms with Gasteiger partial charge < -0.3 is 9.32 Å². The molecule has 0 saturated carbocycles. The Labute approximate surface area is 364 Å². The van der Waals surface area contributed by atoms with E-state index in [-0.39, 0.29) is 0 Å². The lowest BCUT2D eigenvalue weighted by Crippen LogP contribution is -2.10. The van der Waals surface area contributed by atoms with E-state index in [1.807, 2.05) is 0 Å². The standard InChI is InChI=1S/C52H35NO/c1-3-12-36(13-4-1)37-22-24-38(25-23-37)39-26-30-43(31-27-39)53(44-32-28-42(29-33-44)46-20-11-17-40-16-7-8-18-45(40)46)49-35-34-47(41-14-5-2-6-15-41)52-51(49)48-19-9-10-21-50(48)54-52/h1-35H/i1D,2D,3D,4D,5D,6D,7D,8D,9D,10D,11D,12D,13D,14D,15D,16D,17D,18D,19D,20D,21D,22D,23D,24D,25D,26D,27D,28D,29D,30D,31D,32D,33D,34D,35D. The van der Waals surface area contributed by atoms with Gasteiger partial charge in [-0.15, -0.1) is 0 Å². The molecular weight excluding hydrogens is 655 g/mol. The van der Waals surface area contributed by atoms with Crippen LogP contribution in [0.25, 0.3) is 77.2 Å². The molecule has 0 spiro atoms. The molecule has 2 heteroatoms. The van der Waals surface area contributed by atoms with Crippen LogP contribution in [0.15, 0.2) is 216 Å². The van der Waals surface area contributed by atoms with E-state index in [9.17, 15) is 15.1 Å². The van der Waals surface area contributed by atoms with Crippen LogP contribution in [-0.4, -0.2) is 0 Å². The molecule has 0 unspecified atom stereocenters. The summed E-state index contributed by atoms with van der Waals surface area (Å²) in [5.74, 6) is 0. The minimum Gasteiger partial charge on any atom is -0.455 e. The maximum absolute atomic E-state index is 9.94. The van der Waals surface area contributed by atoms with Crippen molar-refractivity contribution in [1.29, 1.82) is 0 Å². The molecule has 10 rings (SSSR count). The molecule has 0 saturated heterocycles. The summed E-state index contributed by atoms with van der Waals surface area (Å²) in [6, 6.07) is -38.2. The van der Waals surface area contributed by atoms with Gasteiger partial charge in [0, 0.05) is 22.3 Å². The zero-order valence-electron chi connectivity index (χ0n) is 61.9. The van der Waals surface area contributed by atoms with Crippen molar-refractivity contribution in [3.8, 4) is 44.5 Å². The summed E-state index contributed by atoms with van der Waals surface area (Å²) in [4.78, 5) is 0.310. The summed E-state index contributed by atoms with van der Waals surface area (Å²) in [5, 5.41) is -3.08. The summed E-state index contributed by atoms with van der Waals surface area (Å²) < 4.78 is 321. The van der Waals surface area contributed by atoms with Gasteiger partial charge in [0.05, 0.1) is 59.1 Å².